The summed E-state index contributed by atoms with van der Waals surface area (Å²) in [5.41, 5.74) is 1.18. The Hall–Kier alpha value is -2.14. The Balaban J connectivity index is 1.59. The normalized spacial score (nSPS) is 24.5. The molecule has 0 N–H and O–H groups in total. The highest BCUT2D eigenvalue weighted by molar-refractivity contribution is 7.13. The topological polar surface area (TPSA) is 40.6 Å². The number of amides is 2. The molecule has 2 aromatic rings. The van der Waals surface area contributed by atoms with E-state index in [4.69, 9.17) is 0 Å². The molecule has 0 unspecified atom stereocenters. The van der Waals surface area contributed by atoms with Gasteiger partial charge in [-0.15, -0.1) is 11.3 Å². The first-order valence-corrected chi connectivity index (χ1v) is 10.5. The van der Waals surface area contributed by atoms with Crippen LogP contribution in [0.3, 0.4) is 0 Å². The van der Waals surface area contributed by atoms with E-state index in [2.05, 4.69) is 17.0 Å². The summed E-state index contributed by atoms with van der Waals surface area (Å²) >= 11 is 1.56. The summed E-state index contributed by atoms with van der Waals surface area (Å²) in [6.45, 7) is 8.17. The number of hydrogen-bond donors (Lipinski definition) is 0. The molecular formula is C22H26N2O2S. The summed E-state index contributed by atoms with van der Waals surface area (Å²) in [5, 5.41) is 0. The average molecular weight is 383 g/mol. The third-order valence-corrected chi connectivity index (χ3v) is 6.81. The smallest absolute Gasteiger partial charge is 0.263 e. The van der Waals surface area contributed by atoms with Crippen LogP contribution < -0.4 is 0 Å². The first-order valence-electron chi connectivity index (χ1n) is 9.67. The molecule has 3 atom stereocenters. The molecule has 142 valence electrons. The van der Waals surface area contributed by atoms with Gasteiger partial charge in [0.2, 0.25) is 5.91 Å². The summed E-state index contributed by atoms with van der Waals surface area (Å²) in [6.07, 6.45) is 0. The molecule has 2 saturated heterocycles. The van der Waals surface area contributed by atoms with Gasteiger partial charge in [-0.25, -0.2) is 0 Å². The van der Waals surface area contributed by atoms with E-state index >= 15 is 0 Å². The van der Waals surface area contributed by atoms with Crippen molar-refractivity contribution in [3.63, 3.8) is 0 Å². The molecule has 2 aliphatic rings. The van der Waals surface area contributed by atoms with Crippen LogP contribution in [0.1, 0.15) is 40.0 Å². The van der Waals surface area contributed by atoms with Crippen molar-refractivity contribution in [2.45, 2.75) is 26.8 Å². The van der Waals surface area contributed by atoms with Gasteiger partial charge in [-0.3, -0.25) is 9.59 Å². The lowest BCUT2D eigenvalue weighted by Gasteiger charge is -2.31. The van der Waals surface area contributed by atoms with Crippen LogP contribution in [0.15, 0.2) is 42.5 Å². The maximum Gasteiger partial charge on any atom is 0.263 e. The molecular weight excluding hydrogens is 356 g/mol. The van der Waals surface area contributed by atoms with Gasteiger partial charge in [0.1, 0.15) is 0 Å². The van der Waals surface area contributed by atoms with Crippen LogP contribution in [-0.2, 0) is 4.79 Å². The predicted molar refractivity (Wildman–Crippen MR) is 108 cm³/mol. The second-order valence-corrected chi connectivity index (χ2v) is 9.33. The van der Waals surface area contributed by atoms with Crippen molar-refractivity contribution in [2.75, 3.05) is 19.6 Å². The van der Waals surface area contributed by atoms with Crippen LogP contribution in [-0.4, -0.2) is 41.2 Å². The SMILES string of the molecule is Cc1ccc(C(=O)N2C[C@H]3CN(C(=O)C(C)C)[C@H](c4ccccc4)[C@H]3C2)s1. The Labute approximate surface area is 164 Å². The summed E-state index contributed by atoms with van der Waals surface area (Å²) in [4.78, 5) is 31.8. The molecule has 5 heteroatoms. The van der Waals surface area contributed by atoms with Gasteiger partial charge < -0.3 is 9.80 Å². The quantitative estimate of drug-likeness (QED) is 0.805. The van der Waals surface area contributed by atoms with Crippen LogP contribution in [0.5, 0.6) is 0 Å². The van der Waals surface area contributed by atoms with Gasteiger partial charge in [-0.2, -0.15) is 0 Å². The Bertz CT molecular complexity index is 845. The van der Waals surface area contributed by atoms with E-state index in [1.54, 1.807) is 11.3 Å². The molecule has 4 rings (SSSR count). The van der Waals surface area contributed by atoms with E-state index in [0.717, 1.165) is 29.4 Å². The van der Waals surface area contributed by atoms with Crippen molar-refractivity contribution in [3.05, 3.63) is 57.8 Å². The number of nitrogens with zero attached hydrogens (tertiary/aromatic N) is 2. The lowest BCUT2D eigenvalue weighted by atomic mass is 9.89. The average Bonchev–Trinajstić information content (AvgIpc) is 3.34. The number of aryl methyl sites for hydroxylation is 1. The fraction of sp³-hybridized carbons (Fsp3) is 0.455. The summed E-state index contributed by atoms with van der Waals surface area (Å²) in [6, 6.07) is 14.3. The van der Waals surface area contributed by atoms with E-state index < -0.39 is 0 Å². The van der Waals surface area contributed by atoms with Gasteiger partial charge >= 0.3 is 0 Å². The zero-order valence-corrected chi connectivity index (χ0v) is 16.9. The third kappa shape index (κ3) is 3.29. The Morgan fingerprint density at radius 3 is 2.41 bits per heavy atom. The van der Waals surface area contributed by atoms with E-state index in [1.165, 1.54) is 5.56 Å². The minimum absolute atomic E-state index is 0.0122. The molecule has 1 aromatic carbocycles. The number of benzene rings is 1. The fourth-order valence-electron chi connectivity index (χ4n) is 4.55. The fourth-order valence-corrected chi connectivity index (χ4v) is 5.39. The van der Waals surface area contributed by atoms with Crippen LogP contribution in [0, 0.1) is 24.7 Å². The molecule has 0 saturated carbocycles. The van der Waals surface area contributed by atoms with Crippen molar-refractivity contribution in [2.24, 2.45) is 17.8 Å². The van der Waals surface area contributed by atoms with Crippen molar-refractivity contribution < 1.29 is 9.59 Å². The molecule has 2 aliphatic heterocycles. The van der Waals surface area contributed by atoms with Gasteiger partial charge in [0.05, 0.1) is 10.9 Å². The maximum absolute atomic E-state index is 12.9. The van der Waals surface area contributed by atoms with Crippen molar-refractivity contribution >= 4 is 23.2 Å². The molecule has 27 heavy (non-hydrogen) atoms. The Kier molecular flexibility index (Phi) is 4.81. The number of carbonyl (C=O) groups is 2. The molecule has 3 heterocycles. The van der Waals surface area contributed by atoms with Crippen LogP contribution in [0.4, 0.5) is 0 Å². The van der Waals surface area contributed by atoms with Crippen molar-refractivity contribution in [1.29, 1.82) is 0 Å². The lowest BCUT2D eigenvalue weighted by molar-refractivity contribution is -0.136. The molecule has 4 nitrogen and oxygen atoms in total. The Morgan fingerprint density at radius 2 is 1.78 bits per heavy atom. The van der Waals surface area contributed by atoms with Gasteiger partial charge in [-0.1, -0.05) is 44.2 Å². The zero-order valence-electron chi connectivity index (χ0n) is 16.1. The highest BCUT2D eigenvalue weighted by Crippen LogP contribution is 2.45. The van der Waals surface area contributed by atoms with Gasteiger partial charge in [0.25, 0.3) is 5.91 Å². The summed E-state index contributed by atoms with van der Waals surface area (Å²) in [5.74, 6) is 0.992. The van der Waals surface area contributed by atoms with Gasteiger partial charge in [0, 0.05) is 42.3 Å². The third-order valence-electron chi connectivity index (χ3n) is 5.82. The monoisotopic (exact) mass is 382 g/mol. The predicted octanol–water partition coefficient (Wildman–Crippen LogP) is 3.98. The highest BCUT2D eigenvalue weighted by Gasteiger charge is 2.50. The van der Waals surface area contributed by atoms with E-state index in [0.29, 0.717) is 11.8 Å². The Morgan fingerprint density at radius 1 is 1.04 bits per heavy atom. The number of fused-ring (bicyclic) bond motifs is 1. The molecule has 1 aromatic heterocycles. The zero-order chi connectivity index (χ0) is 19.1. The van der Waals surface area contributed by atoms with E-state index in [9.17, 15) is 9.59 Å². The van der Waals surface area contributed by atoms with Crippen LogP contribution in [0.2, 0.25) is 0 Å². The molecule has 0 spiro atoms. The number of carbonyl (C=O) groups excluding carboxylic acids is 2. The standard InChI is InChI=1S/C22H26N2O2S/c1-14(2)21(25)24-12-17-11-23(22(26)19-10-9-15(3)27-19)13-18(17)20(24)16-7-5-4-6-8-16/h4-10,14,17-18,20H,11-13H2,1-3H3/t17-,18-,20+/m0/s1. The second kappa shape index (κ2) is 7.12. The van der Waals surface area contributed by atoms with Crippen molar-refractivity contribution in [1.82, 2.24) is 9.80 Å². The number of likely N-dealkylation sites (tertiary alicyclic amines) is 2. The second-order valence-electron chi connectivity index (χ2n) is 8.05. The molecule has 0 radical (unpaired) electrons. The summed E-state index contributed by atoms with van der Waals surface area (Å²) < 4.78 is 0. The molecule has 0 bridgehead atoms. The minimum Gasteiger partial charge on any atom is -0.337 e. The maximum atomic E-state index is 12.9. The summed E-state index contributed by atoms with van der Waals surface area (Å²) in [7, 11) is 0. The van der Waals surface area contributed by atoms with Crippen LogP contribution in [0.25, 0.3) is 0 Å². The molecule has 2 fully saturated rings. The minimum atomic E-state index is -0.0122. The molecule has 2 amide bonds. The highest BCUT2D eigenvalue weighted by atomic mass is 32.1. The molecule has 0 aliphatic carbocycles. The first kappa shape index (κ1) is 18.2. The first-order chi connectivity index (χ1) is 13.0. The van der Waals surface area contributed by atoms with E-state index in [1.807, 2.05) is 56.0 Å². The van der Waals surface area contributed by atoms with Gasteiger partial charge in [0.15, 0.2) is 0 Å². The largest absolute Gasteiger partial charge is 0.337 e. The van der Waals surface area contributed by atoms with Crippen LogP contribution >= 0.6 is 11.3 Å². The van der Waals surface area contributed by atoms with Crippen molar-refractivity contribution in [3.8, 4) is 0 Å². The van der Waals surface area contributed by atoms with Gasteiger partial charge in [-0.05, 0) is 24.6 Å². The lowest BCUT2D eigenvalue weighted by Crippen LogP contribution is -2.39. The number of rotatable bonds is 3. The van der Waals surface area contributed by atoms with E-state index in [-0.39, 0.29) is 23.8 Å². The number of thiophene rings is 1. The number of hydrogen-bond acceptors (Lipinski definition) is 3.